The van der Waals surface area contributed by atoms with Crippen molar-refractivity contribution in [3.8, 4) is 0 Å². The highest BCUT2D eigenvalue weighted by Crippen LogP contribution is 2.49. The van der Waals surface area contributed by atoms with Crippen molar-refractivity contribution in [1.29, 1.82) is 0 Å². The van der Waals surface area contributed by atoms with Gasteiger partial charge in [-0.25, -0.2) is 4.79 Å². The van der Waals surface area contributed by atoms with Crippen LogP contribution in [0.1, 0.15) is 44.9 Å². The summed E-state index contributed by atoms with van der Waals surface area (Å²) in [7, 11) is 1.71. The minimum atomic E-state index is -0.731. The van der Waals surface area contributed by atoms with E-state index in [9.17, 15) is 14.7 Å². The van der Waals surface area contributed by atoms with Gasteiger partial charge in [0.05, 0.1) is 5.41 Å². The Morgan fingerprint density at radius 1 is 1.30 bits per heavy atom. The molecule has 1 heterocycles. The number of fused-ring (bicyclic) bond motifs is 1. The second kappa shape index (κ2) is 6.30. The van der Waals surface area contributed by atoms with Crippen LogP contribution in [-0.2, 0) is 9.53 Å². The summed E-state index contributed by atoms with van der Waals surface area (Å²) in [4.78, 5) is 25.9. The number of amides is 2. The third-order valence-electron chi connectivity index (χ3n) is 6.45. The first-order chi connectivity index (χ1) is 11.0. The number of carboxylic acids is 1. The van der Waals surface area contributed by atoms with Gasteiger partial charge in [0.2, 0.25) is 0 Å². The molecule has 0 spiro atoms. The van der Waals surface area contributed by atoms with Crippen LogP contribution in [0.4, 0.5) is 4.79 Å². The molecule has 2 aliphatic carbocycles. The fourth-order valence-electron chi connectivity index (χ4n) is 4.68. The Hall–Kier alpha value is -1.30. The van der Waals surface area contributed by atoms with Crippen molar-refractivity contribution in [1.82, 2.24) is 10.2 Å². The van der Waals surface area contributed by atoms with Gasteiger partial charge in [-0.05, 0) is 43.4 Å². The van der Waals surface area contributed by atoms with E-state index in [2.05, 4.69) is 5.32 Å². The number of nitrogens with one attached hydrogen (secondary N) is 1. The van der Waals surface area contributed by atoms with E-state index in [1.807, 2.05) is 0 Å². The van der Waals surface area contributed by atoms with Crippen LogP contribution >= 0.6 is 0 Å². The lowest BCUT2D eigenvalue weighted by Crippen LogP contribution is -2.47. The zero-order chi connectivity index (χ0) is 16.5. The van der Waals surface area contributed by atoms with Crippen molar-refractivity contribution < 1.29 is 19.4 Å². The quantitative estimate of drug-likeness (QED) is 0.784. The molecule has 2 atom stereocenters. The monoisotopic (exact) mass is 324 g/mol. The highest BCUT2D eigenvalue weighted by atomic mass is 16.5. The van der Waals surface area contributed by atoms with Gasteiger partial charge in [-0.15, -0.1) is 0 Å². The van der Waals surface area contributed by atoms with Crippen molar-refractivity contribution in [3.05, 3.63) is 0 Å². The third kappa shape index (κ3) is 2.93. The number of carboxylic acid groups (broad SMARTS) is 1. The van der Waals surface area contributed by atoms with Crippen molar-refractivity contribution in [2.75, 3.05) is 33.4 Å². The molecule has 1 aliphatic heterocycles. The maximum absolute atomic E-state index is 12.5. The van der Waals surface area contributed by atoms with Crippen LogP contribution < -0.4 is 5.32 Å². The van der Waals surface area contributed by atoms with E-state index in [1.165, 1.54) is 6.42 Å². The molecule has 0 bridgehead atoms. The lowest BCUT2D eigenvalue weighted by Gasteiger charge is -2.42. The molecular weight excluding hydrogens is 296 g/mol. The number of carbonyl (C=O) groups is 2. The Morgan fingerprint density at radius 2 is 2.09 bits per heavy atom. The summed E-state index contributed by atoms with van der Waals surface area (Å²) in [5.41, 5.74) is -0.507. The number of aliphatic carboxylic acids is 1. The molecule has 2 N–H and O–H groups in total. The molecule has 0 radical (unpaired) electrons. The molecule has 3 fully saturated rings. The molecule has 1 saturated heterocycles. The number of methoxy groups -OCH3 is 1. The van der Waals surface area contributed by atoms with Gasteiger partial charge in [0.25, 0.3) is 0 Å². The summed E-state index contributed by atoms with van der Waals surface area (Å²) >= 11 is 0. The minimum absolute atomic E-state index is 0.0938. The maximum Gasteiger partial charge on any atom is 0.317 e. The number of hydrogen-bond donors (Lipinski definition) is 2. The highest BCUT2D eigenvalue weighted by Gasteiger charge is 2.55. The molecule has 6 heteroatoms. The minimum Gasteiger partial charge on any atom is -0.481 e. The van der Waals surface area contributed by atoms with Crippen LogP contribution in [0.3, 0.4) is 0 Å². The lowest BCUT2D eigenvalue weighted by atomic mass is 9.67. The number of nitrogens with zero attached hydrogens (tertiary/aromatic N) is 1. The predicted octanol–water partition coefficient (Wildman–Crippen LogP) is 2.09. The van der Waals surface area contributed by atoms with Gasteiger partial charge in [-0.3, -0.25) is 4.79 Å². The molecule has 23 heavy (non-hydrogen) atoms. The molecule has 3 rings (SSSR count). The molecule has 2 amide bonds. The summed E-state index contributed by atoms with van der Waals surface area (Å²) < 4.78 is 5.18. The van der Waals surface area contributed by atoms with Crippen LogP contribution in [-0.4, -0.2) is 55.4 Å². The molecular formula is C17H28N2O4. The Kier molecular flexibility index (Phi) is 4.54. The molecule has 130 valence electrons. The zero-order valence-corrected chi connectivity index (χ0v) is 14.0. The second-order valence-electron chi connectivity index (χ2n) is 7.69. The topological polar surface area (TPSA) is 78.9 Å². The van der Waals surface area contributed by atoms with E-state index < -0.39 is 11.4 Å². The van der Waals surface area contributed by atoms with E-state index in [4.69, 9.17) is 4.74 Å². The molecule has 6 nitrogen and oxygen atoms in total. The van der Waals surface area contributed by atoms with Crippen LogP contribution in [0.2, 0.25) is 0 Å². The fraction of sp³-hybridized carbons (Fsp3) is 0.882. The van der Waals surface area contributed by atoms with Crippen molar-refractivity contribution in [3.63, 3.8) is 0 Å². The summed E-state index contributed by atoms with van der Waals surface area (Å²) in [5, 5.41) is 12.7. The van der Waals surface area contributed by atoms with Gasteiger partial charge in [0.15, 0.2) is 0 Å². The number of likely N-dealkylation sites (tertiary alicyclic amines) is 1. The van der Waals surface area contributed by atoms with E-state index in [1.54, 1.807) is 12.0 Å². The molecule has 0 aromatic heterocycles. The SMILES string of the molecule is COCCC1(CNC(=O)N2C[C@@H]3CCC[C@@]3(C(=O)O)C2)CCC1. The highest BCUT2D eigenvalue weighted by molar-refractivity contribution is 5.80. The number of rotatable bonds is 6. The van der Waals surface area contributed by atoms with E-state index in [0.717, 1.165) is 38.7 Å². The van der Waals surface area contributed by atoms with Crippen LogP contribution in [0.15, 0.2) is 0 Å². The van der Waals surface area contributed by atoms with Crippen molar-refractivity contribution in [2.45, 2.75) is 44.9 Å². The number of urea groups is 1. The van der Waals surface area contributed by atoms with Crippen LogP contribution in [0.5, 0.6) is 0 Å². The Balaban J connectivity index is 1.54. The largest absolute Gasteiger partial charge is 0.481 e. The predicted molar refractivity (Wildman–Crippen MR) is 85.2 cm³/mol. The van der Waals surface area contributed by atoms with Gasteiger partial charge in [-0.1, -0.05) is 12.8 Å². The summed E-state index contributed by atoms with van der Waals surface area (Å²) in [6.45, 7) is 2.35. The third-order valence-corrected chi connectivity index (χ3v) is 6.45. The number of ether oxygens (including phenoxy) is 1. The normalized spacial score (nSPS) is 31.5. The average molecular weight is 324 g/mol. The molecule has 0 aromatic carbocycles. The molecule has 0 unspecified atom stereocenters. The first-order valence-electron chi connectivity index (χ1n) is 8.76. The summed E-state index contributed by atoms with van der Waals surface area (Å²) in [5.74, 6) is -0.609. The smallest absolute Gasteiger partial charge is 0.317 e. The van der Waals surface area contributed by atoms with E-state index in [-0.39, 0.29) is 17.4 Å². The second-order valence-corrected chi connectivity index (χ2v) is 7.69. The fourth-order valence-corrected chi connectivity index (χ4v) is 4.68. The van der Waals surface area contributed by atoms with Gasteiger partial charge in [0, 0.05) is 33.4 Å². The Bertz CT molecular complexity index is 477. The maximum atomic E-state index is 12.5. The standard InChI is InChI=1S/C17H28N2O4/c1-23-9-8-16(5-3-6-16)11-18-15(22)19-10-13-4-2-7-17(13,12-19)14(20)21/h13H,2-12H2,1H3,(H,18,22)(H,20,21)/t13-,17+/m0/s1. The van der Waals surface area contributed by atoms with Crippen LogP contribution in [0.25, 0.3) is 0 Å². The molecule has 0 aromatic rings. The van der Waals surface area contributed by atoms with E-state index in [0.29, 0.717) is 26.1 Å². The number of hydrogen-bond acceptors (Lipinski definition) is 3. The average Bonchev–Trinajstić information content (AvgIpc) is 3.03. The van der Waals surface area contributed by atoms with Gasteiger partial charge in [0.1, 0.15) is 0 Å². The first-order valence-corrected chi connectivity index (χ1v) is 8.76. The number of carbonyl (C=O) groups excluding carboxylic acids is 1. The molecule has 3 aliphatic rings. The first kappa shape index (κ1) is 16.6. The van der Waals surface area contributed by atoms with Crippen molar-refractivity contribution in [2.24, 2.45) is 16.7 Å². The summed E-state index contributed by atoms with van der Waals surface area (Å²) in [6, 6.07) is -0.0938. The van der Waals surface area contributed by atoms with Gasteiger partial charge < -0.3 is 20.1 Å². The Morgan fingerprint density at radius 3 is 2.65 bits per heavy atom. The lowest BCUT2D eigenvalue weighted by molar-refractivity contribution is -0.149. The zero-order valence-electron chi connectivity index (χ0n) is 14.0. The van der Waals surface area contributed by atoms with Gasteiger partial charge >= 0.3 is 12.0 Å². The summed E-state index contributed by atoms with van der Waals surface area (Å²) in [6.07, 6.45) is 7.06. The van der Waals surface area contributed by atoms with Crippen molar-refractivity contribution >= 4 is 12.0 Å². The van der Waals surface area contributed by atoms with E-state index >= 15 is 0 Å². The Labute approximate surface area is 137 Å². The van der Waals surface area contributed by atoms with Crippen LogP contribution in [0, 0.1) is 16.7 Å². The molecule has 2 saturated carbocycles. The van der Waals surface area contributed by atoms with Gasteiger partial charge in [-0.2, -0.15) is 0 Å².